The molecule has 0 saturated carbocycles. The Hall–Kier alpha value is -2.62. The van der Waals surface area contributed by atoms with Crippen molar-refractivity contribution < 1.29 is 9.47 Å². The van der Waals surface area contributed by atoms with Crippen molar-refractivity contribution in [3.05, 3.63) is 54.2 Å². The summed E-state index contributed by atoms with van der Waals surface area (Å²) in [6, 6.07) is 14.1. The number of ether oxygens (including phenoxy) is 2. The largest absolute Gasteiger partial charge is 0.497 e. The number of nitrogens with one attached hydrogen (secondary N) is 2. The van der Waals surface area contributed by atoms with Crippen LogP contribution in [0.25, 0.3) is 10.9 Å². The Morgan fingerprint density at radius 1 is 1.05 bits per heavy atom. The first-order valence-corrected chi connectivity index (χ1v) is 6.82. The van der Waals surface area contributed by atoms with Gasteiger partial charge in [-0.25, -0.2) is 0 Å². The molecule has 4 heteroatoms. The summed E-state index contributed by atoms with van der Waals surface area (Å²) in [5, 5.41) is 4.63. The van der Waals surface area contributed by atoms with E-state index in [0.717, 1.165) is 22.7 Å². The van der Waals surface area contributed by atoms with Gasteiger partial charge in [0.1, 0.15) is 11.5 Å². The van der Waals surface area contributed by atoms with Gasteiger partial charge < -0.3 is 19.8 Å². The summed E-state index contributed by atoms with van der Waals surface area (Å²) in [6.07, 6.45) is 1.96. The van der Waals surface area contributed by atoms with Gasteiger partial charge >= 0.3 is 0 Å². The second kappa shape index (κ2) is 5.79. The summed E-state index contributed by atoms with van der Waals surface area (Å²) in [5.74, 6) is 1.60. The zero-order chi connectivity index (χ0) is 14.7. The summed E-state index contributed by atoms with van der Waals surface area (Å²) in [5.41, 5.74) is 3.29. The monoisotopic (exact) mass is 282 g/mol. The van der Waals surface area contributed by atoms with E-state index in [1.807, 2.05) is 24.4 Å². The van der Waals surface area contributed by atoms with Crippen LogP contribution in [0, 0.1) is 0 Å². The normalized spacial score (nSPS) is 10.6. The number of H-pyrrole nitrogens is 1. The number of benzene rings is 2. The summed E-state index contributed by atoms with van der Waals surface area (Å²) in [6.45, 7) is 0.710. The number of hydrogen-bond donors (Lipinski definition) is 2. The van der Waals surface area contributed by atoms with E-state index in [1.54, 1.807) is 14.2 Å². The molecule has 0 unspecified atom stereocenters. The maximum absolute atomic E-state index is 5.38. The number of para-hydroxylation sites is 1. The summed E-state index contributed by atoms with van der Waals surface area (Å²) in [4.78, 5) is 3.28. The molecule has 0 spiro atoms. The second-order valence-electron chi connectivity index (χ2n) is 4.78. The molecular formula is C17H18N2O2. The molecule has 2 N–H and O–H groups in total. The summed E-state index contributed by atoms with van der Waals surface area (Å²) < 4.78 is 10.6. The fourth-order valence-corrected chi connectivity index (χ4v) is 2.44. The lowest BCUT2D eigenvalue weighted by Crippen LogP contribution is -2.02. The third-order valence-corrected chi connectivity index (χ3v) is 3.55. The maximum atomic E-state index is 5.38. The molecule has 0 aliphatic rings. The zero-order valence-electron chi connectivity index (χ0n) is 12.1. The molecule has 0 radical (unpaired) electrons. The molecule has 0 aliphatic carbocycles. The van der Waals surface area contributed by atoms with Crippen LogP contribution in [0.15, 0.2) is 48.7 Å². The smallest absolute Gasteiger partial charge is 0.142 e. The number of methoxy groups -OCH3 is 2. The van der Waals surface area contributed by atoms with Gasteiger partial charge in [0.05, 0.1) is 25.4 Å². The van der Waals surface area contributed by atoms with Crippen LogP contribution >= 0.6 is 0 Å². The molecule has 21 heavy (non-hydrogen) atoms. The Kier molecular flexibility index (Phi) is 3.69. The average molecular weight is 282 g/mol. The molecule has 108 valence electrons. The van der Waals surface area contributed by atoms with Crippen molar-refractivity contribution in [1.29, 1.82) is 0 Å². The van der Waals surface area contributed by atoms with Crippen LogP contribution in [0.5, 0.6) is 11.5 Å². The number of anilines is 1. The standard InChI is InChI=1S/C17H18N2O2/c1-20-14-6-7-16(21-2)15(10-14)19-11-13-5-3-4-12-8-9-18-17(12)13/h3-10,18-19H,11H2,1-2H3. The van der Waals surface area contributed by atoms with Gasteiger partial charge in [0.15, 0.2) is 0 Å². The van der Waals surface area contributed by atoms with E-state index in [-0.39, 0.29) is 0 Å². The van der Waals surface area contributed by atoms with Gasteiger partial charge in [0.25, 0.3) is 0 Å². The van der Waals surface area contributed by atoms with Crippen molar-refractivity contribution in [2.45, 2.75) is 6.54 Å². The first-order chi connectivity index (χ1) is 10.3. The van der Waals surface area contributed by atoms with E-state index in [9.17, 15) is 0 Å². The van der Waals surface area contributed by atoms with E-state index < -0.39 is 0 Å². The van der Waals surface area contributed by atoms with Crippen LogP contribution < -0.4 is 14.8 Å². The highest BCUT2D eigenvalue weighted by Crippen LogP contribution is 2.29. The van der Waals surface area contributed by atoms with Gasteiger partial charge in [-0.1, -0.05) is 18.2 Å². The van der Waals surface area contributed by atoms with Gasteiger partial charge in [0, 0.05) is 18.8 Å². The molecule has 0 amide bonds. The highest BCUT2D eigenvalue weighted by molar-refractivity contribution is 5.82. The summed E-state index contributed by atoms with van der Waals surface area (Å²) in [7, 11) is 3.32. The topological polar surface area (TPSA) is 46.3 Å². The number of fused-ring (bicyclic) bond motifs is 1. The molecule has 0 bridgehead atoms. The lowest BCUT2D eigenvalue weighted by Gasteiger charge is -2.13. The van der Waals surface area contributed by atoms with Crippen molar-refractivity contribution >= 4 is 16.6 Å². The quantitative estimate of drug-likeness (QED) is 0.748. The van der Waals surface area contributed by atoms with Gasteiger partial charge in [0.2, 0.25) is 0 Å². The van der Waals surface area contributed by atoms with Crippen LogP contribution in [0.2, 0.25) is 0 Å². The number of hydrogen-bond acceptors (Lipinski definition) is 3. The minimum atomic E-state index is 0.710. The Balaban J connectivity index is 1.86. The molecular weight excluding hydrogens is 264 g/mol. The average Bonchev–Trinajstić information content (AvgIpc) is 3.01. The summed E-state index contributed by atoms with van der Waals surface area (Å²) >= 11 is 0. The lowest BCUT2D eigenvalue weighted by molar-refractivity contribution is 0.404. The van der Waals surface area contributed by atoms with E-state index in [4.69, 9.17) is 9.47 Å². The highest BCUT2D eigenvalue weighted by Gasteiger charge is 2.06. The zero-order valence-corrected chi connectivity index (χ0v) is 12.1. The SMILES string of the molecule is COc1ccc(OC)c(NCc2cccc3cc[nH]c23)c1. The third-order valence-electron chi connectivity index (χ3n) is 3.55. The van der Waals surface area contributed by atoms with Crippen molar-refractivity contribution in [2.24, 2.45) is 0 Å². The number of aromatic nitrogens is 1. The van der Waals surface area contributed by atoms with Crippen molar-refractivity contribution in [2.75, 3.05) is 19.5 Å². The van der Waals surface area contributed by atoms with E-state index >= 15 is 0 Å². The maximum Gasteiger partial charge on any atom is 0.142 e. The second-order valence-corrected chi connectivity index (χ2v) is 4.78. The van der Waals surface area contributed by atoms with E-state index in [2.05, 4.69) is 34.6 Å². The fourth-order valence-electron chi connectivity index (χ4n) is 2.44. The Morgan fingerprint density at radius 2 is 1.95 bits per heavy atom. The predicted octanol–water partition coefficient (Wildman–Crippen LogP) is 3.80. The Labute approximate surface area is 123 Å². The predicted molar refractivity (Wildman–Crippen MR) is 85.2 cm³/mol. The van der Waals surface area contributed by atoms with Crippen LogP contribution in [-0.2, 0) is 6.54 Å². The van der Waals surface area contributed by atoms with E-state index in [0.29, 0.717) is 6.54 Å². The molecule has 4 nitrogen and oxygen atoms in total. The van der Waals surface area contributed by atoms with Crippen molar-refractivity contribution in [3.8, 4) is 11.5 Å². The van der Waals surface area contributed by atoms with Crippen molar-refractivity contribution in [1.82, 2.24) is 4.98 Å². The van der Waals surface area contributed by atoms with E-state index in [1.165, 1.54) is 10.9 Å². The van der Waals surface area contributed by atoms with Crippen molar-refractivity contribution in [3.63, 3.8) is 0 Å². The minimum absolute atomic E-state index is 0.710. The van der Waals surface area contributed by atoms with Crippen LogP contribution in [-0.4, -0.2) is 19.2 Å². The molecule has 0 saturated heterocycles. The highest BCUT2D eigenvalue weighted by atomic mass is 16.5. The Bertz CT molecular complexity index is 749. The number of aromatic amines is 1. The molecule has 1 heterocycles. The first kappa shape index (κ1) is 13.4. The van der Waals surface area contributed by atoms with Gasteiger partial charge in [-0.15, -0.1) is 0 Å². The molecule has 0 fully saturated rings. The molecule has 1 aromatic heterocycles. The molecule has 0 atom stereocenters. The van der Waals surface area contributed by atoms with Crippen LogP contribution in [0.1, 0.15) is 5.56 Å². The molecule has 2 aromatic carbocycles. The van der Waals surface area contributed by atoms with Crippen LogP contribution in [0.4, 0.5) is 5.69 Å². The Morgan fingerprint density at radius 3 is 2.76 bits per heavy atom. The molecule has 0 aliphatic heterocycles. The van der Waals surface area contributed by atoms with Gasteiger partial charge in [-0.2, -0.15) is 0 Å². The lowest BCUT2D eigenvalue weighted by atomic mass is 10.1. The van der Waals surface area contributed by atoms with Gasteiger partial charge in [-0.3, -0.25) is 0 Å². The third kappa shape index (κ3) is 2.65. The molecule has 3 aromatic rings. The minimum Gasteiger partial charge on any atom is -0.497 e. The molecule has 3 rings (SSSR count). The van der Waals surface area contributed by atoms with Gasteiger partial charge in [-0.05, 0) is 29.1 Å². The fraction of sp³-hybridized carbons (Fsp3) is 0.176. The first-order valence-electron chi connectivity index (χ1n) is 6.82. The van der Waals surface area contributed by atoms with Crippen LogP contribution in [0.3, 0.4) is 0 Å². The number of rotatable bonds is 5.